The summed E-state index contributed by atoms with van der Waals surface area (Å²) in [4.78, 5) is 2.09. The molecule has 0 radical (unpaired) electrons. The van der Waals surface area contributed by atoms with Gasteiger partial charge in [-0.1, -0.05) is 0 Å². The van der Waals surface area contributed by atoms with Crippen LogP contribution in [0, 0.1) is 5.92 Å². The number of nitrogens with zero attached hydrogens (tertiary/aromatic N) is 2. The molecule has 0 aromatic rings. The van der Waals surface area contributed by atoms with Crippen LogP contribution in [0.3, 0.4) is 0 Å². The molecule has 114 valence electrons. The van der Waals surface area contributed by atoms with Crippen molar-refractivity contribution in [2.75, 3.05) is 39.8 Å². The van der Waals surface area contributed by atoms with Crippen molar-refractivity contribution < 1.29 is 13.5 Å². The SMILES string of the molecule is CC(C)N(C)CCNS(=O)(=O)N1CCCC(CO)C1. The average molecular weight is 293 g/mol. The van der Waals surface area contributed by atoms with E-state index in [-0.39, 0.29) is 12.5 Å². The molecule has 2 N–H and O–H groups in total. The highest BCUT2D eigenvalue weighted by atomic mass is 32.2. The summed E-state index contributed by atoms with van der Waals surface area (Å²) in [7, 11) is -1.43. The van der Waals surface area contributed by atoms with Crippen LogP contribution in [0.4, 0.5) is 0 Å². The predicted octanol–water partition coefficient (Wildman–Crippen LogP) is -0.135. The first-order chi connectivity index (χ1) is 8.86. The number of rotatable bonds is 7. The van der Waals surface area contributed by atoms with Gasteiger partial charge in [-0.3, -0.25) is 0 Å². The zero-order valence-corrected chi connectivity index (χ0v) is 13.0. The van der Waals surface area contributed by atoms with Gasteiger partial charge >= 0.3 is 0 Å². The molecule has 0 aromatic carbocycles. The van der Waals surface area contributed by atoms with Crippen LogP contribution in [0.2, 0.25) is 0 Å². The van der Waals surface area contributed by atoms with Crippen LogP contribution in [0.5, 0.6) is 0 Å². The van der Waals surface area contributed by atoms with Crippen LogP contribution in [0.25, 0.3) is 0 Å². The summed E-state index contributed by atoms with van der Waals surface area (Å²) in [6, 6.07) is 0.401. The molecule has 0 aliphatic carbocycles. The first-order valence-corrected chi connectivity index (χ1v) is 8.36. The molecular formula is C12H27N3O3S. The molecule has 0 aromatic heterocycles. The van der Waals surface area contributed by atoms with Crippen LogP contribution in [0.1, 0.15) is 26.7 Å². The Balaban J connectivity index is 2.42. The van der Waals surface area contributed by atoms with Crippen LogP contribution >= 0.6 is 0 Å². The Labute approximate surface area is 117 Å². The van der Waals surface area contributed by atoms with Crippen LogP contribution in [-0.4, -0.2) is 68.6 Å². The van der Waals surface area contributed by atoms with E-state index in [2.05, 4.69) is 23.5 Å². The lowest BCUT2D eigenvalue weighted by molar-refractivity contribution is 0.164. The summed E-state index contributed by atoms with van der Waals surface area (Å²) in [6.07, 6.45) is 1.72. The summed E-state index contributed by atoms with van der Waals surface area (Å²) < 4.78 is 28.3. The highest BCUT2D eigenvalue weighted by molar-refractivity contribution is 7.87. The van der Waals surface area contributed by atoms with Gasteiger partial charge in [0, 0.05) is 38.8 Å². The average Bonchev–Trinajstić information content (AvgIpc) is 2.38. The Kier molecular flexibility index (Phi) is 6.68. The first-order valence-electron chi connectivity index (χ1n) is 6.92. The maximum atomic E-state index is 12.1. The standard InChI is InChI=1S/C12H27N3O3S/c1-11(2)14(3)8-6-13-19(17,18)15-7-4-5-12(9-15)10-16/h11-13,16H,4-10H2,1-3H3. The normalized spacial score (nSPS) is 22.3. The lowest BCUT2D eigenvalue weighted by Gasteiger charge is -2.31. The first kappa shape index (κ1) is 16.8. The monoisotopic (exact) mass is 293 g/mol. The van der Waals surface area contributed by atoms with Crippen LogP contribution < -0.4 is 4.72 Å². The van der Waals surface area contributed by atoms with Crippen molar-refractivity contribution in [3.05, 3.63) is 0 Å². The van der Waals surface area contributed by atoms with E-state index >= 15 is 0 Å². The molecular weight excluding hydrogens is 266 g/mol. The van der Waals surface area contributed by atoms with E-state index in [1.54, 1.807) is 0 Å². The fourth-order valence-corrected chi connectivity index (χ4v) is 3.40. The zero-order valence-electron chi connectivity index (χ0n) is 12.2. The Bertz CT molecular complexity index is 359. The maximum Gasteiger partial charge on any atom is 0.279 e. The Morgan fingerprint density at radius 1 is 1.47 bits per heavy atom. The van der Waals surface area contributed by atoms with E-state index in [0.717, 1.165) is 12.8 Å². The second kappa shape index (κ2) is 7.54. The third kappa shape index (κ3) is 5.35. The maximum absolute atomic E-state index is 12.1. The number of hydrogen-bond donors (Lipinski definition) is 2. The molecule has 0 spiro atoms. The lowest BCUT2D eigenvalue weighted by Crippen LogP contribution is -2.48. The number of piperidine rings is 1. The number of aliphatic hydroxyl groups excluding tert-OH is 1. The second-order valence-electron chi connectivity index (χ2n) is 5.52. The molecule has 6 nitrogen and oxygen atoms in total. The smallest absolute Gasteiger partial charge is 0.279 e. The quantitative estimate of drug-likeness (QED) is 0.685. The molecule has 1 aliphatic heterocycles. The van der Waals surface area contributed by atoms with Gasteiger partial charge in [-0.15, -0.1) is 0 Å². The lowest BCUT2D eigenvalue weighted by atomic mass is 10.0. The molecule has 1 aliphatic rings. The van der Waals surface area contributed by atoms with Gasteiger partial charge in [-0.05, 0) is 39.7 Å². The number of likely N-dealkylation sites (N-methyl/N-ethyl adjacent to an activating group) is 1. The van der Waals surface area contributed by atoms with Gasteiger partial charge in [0.25, 0.3) is 10.2 Å². The molecule has 1 saturated heterocycles. The Morgan fingerprint density at radius 3 is 2.74 bits per heavy atom. The summed E-state index contributed by atoms with van der Waals surface area (Å²) in [5, 5.41) is 9.14. The van der Waals surface area contributed by atoms with Crippen molar-refractivity contribution in [3.8, 4) is 0 Å². The molecule has 7 heteroatoms. The molecule has 0 bridgehead atoms. The summed E-state index contributed by atoms with van der Waals surface area (Å²) >= 11 is 0. The highest BCUT2D eigenvalue weighted by Crippen LogP contribution is 2.17. The fraction of sp³-hybridized carbons (Fsp3) is 1.00. The molecule has 1 unspecified atom stereocenters. The topological polar surface area (TPSA) is 72.9 Å². The Hall–Kier alpha value is -0.210. The third-order valence-electron chi connectivity index (χ3n) is 3.71. The largest absolute Gasteiger partial charge is 0.396 e. The van der Waals surface area contributed by atoms with Crippen molar-refractivity contribution >= 4 is 10.2 Å². The van der Waals surface area contributed by atoms with Crippen molar-refractivity contribution in [2.45, 2.75) is 32.7 Å². The van der Waals surface area contributed by atoms with E-state index in [1.807, 2.05) is 7.05 Å². The van der Waals surface area contributed by atoms with Crippen LogP contribution in [0.15, 0.2) is 0 Å². The van der Waals surface area contributed by atoms with Crippen molar-refractivity contribution in [2.24, 2.45) is 5.92 Å². The molecule has 0 saturated carbocycles. The number of hydrogen-bond acceptors (Lipinski definition) is 4. The summed E-state index contributed by atoms with van der Waals surface area (Å²) in [6.45, 7) is 6.28. The van der Waals surface area contributed by atoms with Gasteiger partial charge in [-0.25, -0.2) is 4.72 Å². The minimum Gasteiger partial charge on any atom is -0.396 e. The van der Waals surface area contributed by atoms with Crippen molar-refractivity contribution in [3.63, 3.8) is 0 Å². The molecule has 1 heterocycles. The van der Waals surface area contributed by atoms with E-state index in [1.165, 1.54) is 4.31 Å². The zero-order chi connectivity index (χ0) is 14.5. The summed E-state index contributed by atoms with van der Waals surface area (Å²) in [5.74, 6) is 0.0728. The molecule has 19 heavy (non-hydrogen) atoms. The Morgan fingerprint density at radius 2 is 2.16 bits per heavy atom. The van der Waals surface area contributed by atoms with Gasteiger partial charge in [0.05, 0.1) is 0 Å². The predicted molar refractivity (Wildman–Crippen MR) is 76.1 cm³/mol. The molecule has 0 amide bonds. The molecule has 1 rings (SSSR count). The van der Waals surface area contributed by atoms with E-state index in [4.69, 9.17) is 5.11 Å². The van der Waals surface area contributed by atoms with Gasteiger partial charge in [0.1, 0.15) is 0 Å². The highest BCUT2D eigenvalue weighted by Gasteiger charge is 2.28. The van der Waals surface area contributed by atoms with Gasteiger partial charge in [0.2, 0.25) is 0 Å². The van der Waals surface area contributed by atoms with E-state index in [9.17, 15) is 8.42 Å². The fourth-order valence-electron chi connectivity index (χ4n) is 2.09. The second-order valence-corrected chi connectivity index (χ2v) is 7.28. The van der Waals surface area contributed by atoms with E-state index in [0.29, 0.717) is 32.2 Å². The van der Waals surface area contributed by atoms with Crippen molar-refractivity contribution in [1.29, 1.82) is 0 Å². The van der Waals surface area contributed by atoms with Gasteiger partial charge < -0.3 is 10.0 Å². The minimum atomic E-state index is -3.40. The van der Waals surface area contributed by atoms with E-state index < -0.39 is 10.2 Å². The summed E-state index contributed by atoms with van der Waals surface area (Å²) in [5.41, 5.74) is 0. The molecule has 1 atom stereocenters. The number of nitrogens with one attached hydrogen (secondary N) is 1. The van der Waals surface area contributed by atoms with Crippen LogP contribution in [-0.2, 0) is 10.2 Å². The third-order valence-corrected chi connectivity index (χ3v) is 5.29. The van der Waals surface area contributed by atoms with Gasteiger partial charge in [-0.2, -0.15) is 12.7 Å². The number of aliphatic hydroxyl groups is 1. The van der Waals surface area contributed by atoms with Gasteiger partial charge in [0.15, 0.2) is 0 Å². The van der Waals surface area contributed by atoms with Crippen molar-refractivity contribution in [1.82, 2.24) is 13.9 Å². The molecule has 1 fully saturated rings. The minimum absolute atomic E-state index is 0.0576.